The minimum atomic E-state index is -1.05. The molecule has 0 heterocycles. The molecule has 10 heteroatoms. The second-order valence-corrected chi connectivity index (χ2v) is 11.7. The van der Waals surface area contributed by atoms with Crippen LogP contribution < -0.4 is 15.2 Å². The zero-order chi connectivity index (χ0) is 29.3. The van der Waals surface area contributed by atoms with Crippen LogP contribution in [0, 0.1) is 16.7 Å². The zero-order valence-corrected chi connectivity index (χ0v) is 24.0. The number of esters is 3. The molecule has 0 fully saturated rings. The van der Waals surface area contributed by atoms with Gasteiger partial charge in [0, 0.05) is 0 Å². The molecule has 1 rings (SSSR count). The Bertz CT molecular complexity index is 974. The fourth-order valence-corrected chi connectivity index (χ4v) is 2.60. The van der Waals surface area contributed by atoms with Crippen LogP contribution in [0.1, 0.15) is 74.3 Å². The van der Waals surface area contributed by atoms with Gasteiger partial charge in [-0.3, -0.25) is 14.4 Å². The maximum atomic E-state index is 12.5. The highest BCUT2D eigenvalue weighted by Gasteiger charge is 2.29. The van der Waals surface area contributed by atoms with E-state index in [0.29, 0.717) is 17.9 Å². The first-order chi connectivity index (χ1) is 17.4. The highest BCUT2D eigenvalue weighted by atomic mass is 16.7. The molecule has 0 unspecified atom stereocenters. The molecule has 0 saturated heterocycles. The van der Waals surface area contributed by atoms with Crippen molar-refractivity contribution in [2.75, 3.05) is 13.2 Å². The zero-order valence-electron chi connectivity index (χ0n) is 24.0. The lowest BCUT2D eigenvalue weighted by atomic mass is 9.97. The summed E-state index contributed by atoms with van der Waals surface area (Å²) in [4.78, 5) is 49.1. The molecule has 0 radical (unpaired) electrons. The fraction of sp³-hybridized carbons (Fsp3) is 0.643. The first-order valence-electron chi connectivity index (χ1n) is 12.7. The Balaban J connectivity index is 2.83. The summed E-state index contributed by atoms with van der Waals surface area (Å²) in [6.07, 6.45) is -0.787. The molecule has 0 saturated carbocycles. The van der Waals surface area contributed by atoms with Gasteiger partial charge in [0.1, 0.15) is 18.8 Å². The van der Waals surface area contributed by atoms with Crippen molar-refractivity contribution in [1.29, 1.82) is 0 Å². The smallest absolute Gasteiger partial charge is 0.461 e. The van der Waals surface area contributed by atoms with Crippen molar-refractivity contribution >= 4 is 24.1 Å². The molecule has 1 aromatic rings. The summed E-state index contributed by atoms with van der Waals surface area (Å²) in [6.45, 7) is 15.8. The van der Waals surface area contributed by atoms with Crippen molar-refractivity contribution in [2.24, 2.45) is 22.5 Å². The first kappa shape index (κ1) is 32.9. The van der Waals surface area contributed by atoms with Gasteiger partial charge >= 0.3 is 24.1 Å². The number of carbonyl (C=O) groups excluding carboxylic acids is 4. The van der Waals surface area contributed by atoms with Crippen LogP contribution >= 0.6 is 0 Å². The van der Waals surface area contributed by atoms with E-state index in [1.165, 1.54) is 12.1 Å². The van der Waals surface area contributed by atoms with Crippen LogP contribution in [0.15, 0.2) is 18.2 Å². The van der Waals surface area contributed by atoms with Crippen LogP contribution in [0.25, 0.3) is 0 Å². The number of rotatable bonds is 11. The Kier molecular flexibility index (Phi) is 12.2. The highest BCUT2D eigenvalue weighted by Crippen LogP contribution is 2.33. The average Bonchev–Trinajstić information content (AvgIpc) is 2.77. The lowest BCUT2D eigenvalue weighted by molar-refractivity contribution is -0.148. The van der Waals surface area contributed by atoms with Crippen molar-refractivity contribution in [3.05, 3.63) is 23.8 Å². The van der Waals surface area contributed by atoms with Crippen molar-refractivity contribution in [3.8, 4) is 11.5 Å². The molecule has 10 nitrogen and oxygen atoms in total. The topological polar surface area (TPSA) is 140 Å². The number of hydrogen-bond donors (Lipinski definition) is 1. The van der Waals surface area contributed by atoms with Gasteiger partial charge in [-0.1, -0.05) is 19.9 Å². The van der Waals surface area contributed by atoms with Crippen molar-refractivity contribution < 1.29 is 42.9 Å². The molecule has 0 spiro atoms. The summed E-state index contributed by atoms with van der Waals surface area (Å²) in [5, 5.41) is 0. The van der Waals surface area contributed by atoms with E-state index in [1.54, 1.807) is 54.5 Å². The summed E-state index contributed by atoms with van der Waals surface area (Å²) < 4.78 is 26.2. The third kappa shape index (κ3) is 11.9. The maximum absolute atomic E-state index is 12.5. The Morgan fingerprint density at radius 3 is 1.92 bits per heavy atom. The molecule has 2 atom stereocenters. The van der Waals surface area contributed by atoms with Gasteiger partial charge in [-0.25, -0.2) is 4.79 Å². The standard InChI is InChI=1S/C28H43NO9/c1-17(2)12-13-34-26(33)36-18(3)16-35-23(30)20(29)14-19-10-11-21(37-24(31)27(4,5)6)22(15-19)38-25(32)28(7,8)9/h10-11,15,17-18,20H,12-14,16,29H2,1-9H3/t18-,20-/m0/s1. The molecule has 0 aliphatic heterocycles. The summed E-state index contributed by atoms with van der Waals surface area (Å²) in [5.74, 6) is -1.22. The van der Waals surface area contributed by atoms with Gasteiger partial charge in [-0.05, 0) is 84.9 Å². The summed E-state index contributed by atoms with van der Waals surface area (Å²) in [5.41, 5.74) is 5.00. The molecular weight excluding hydrogens is 494 g/mol. The first-order valence-corrected chi connectivity index (χ1v) is 12.7. The second kappa shape index (κ2) is 14.1. The molecule has 1 aromatic carbocycles. The Morgan fingerprint density at radius 1 is 0.842 bits per heavy atom. The van der Waals surface area contributed by atoms with E-state index >= 15 is 0 Å². The number of nitrogens with two attached hydrogens (primary N) is 1. The van der Waals surface area contributed by atoms with Gasteiger partial charge in [-0.15, -0.1) is 0 Å². The molecular formula is C28H43NO9. The average molecular weight is 538 g/mol. The van der Waals surface area contributed by atoms with Crippen molar-refractivity contribution in [1.82, 2.24) is 0 Å². The Labute approximate surface area is 225 Å². The Morgan fingerprint density at radius 2 is 1.39 bits per heavy atom. The van der Waals surface area contributed by atoms with Gasteiger partial charge in [0.25, 0.3) is 0 Å². The summed E-state index contributed by atoms with van der Waals surface area (Å²) in [7, 11) is 0. The van der Waals surface area contributed by atoms with Gasteiger partial charge in [-0.2, -0.15) is 0 Å². The number of hydrogen-bond acceptors (Lipinski definition) is 10. The van der Waals surface area contributed by atoms with Crippen LogP contribution in [-0.2, 0) is 35.0 Å². The minimum absolute atomic E-state index is 0.0404. The van der Waals surface area contributed by atoms with Crippen LogP contribution in [0.5, 0.6) is 11.5 Å². The number of benzene rings is 1. The van der Waals surface area contributed by atoms with E-state index < -0.39 is 47.0 Å². The van der Waals surface area contributed by atoms with Gasteiger partial charge in [0.2, 0.25) is 0 Å². The second-order valence-electron chi connectivity index (χ2n) is 11.7. The predicted octanol–water partition coefficient (Wildman–Crippen LogP) is 4.59. The highest BCUT2D eigenvalue weighted by molar-refractivity contribution is 5.81. The maximum Gasteiger partial charge on any atom is 0.508 e. The lowest BCUT2D eigenvalue weighted by Crippen LogP contribution is -2.36. The van der Waals surface area contributed by atoms with Gasteiger partial charge in [0.15, 0.2) is 11.5 Å². The normalized spacial score (nSPS) is 13.3. The van der Waals surface area contributed by atoms with Crippen LogP contribution in [-0.4, -0.2) is 49.4 Å². The van der Waals surface area contributed by atoms with E-state index in [9.17, 15) is 19.2 Å². The van der Waals surface area contributed by atoms with E-state index in [2.05, 4.69) is 0 Å². The van der Waals surface area contributed by atoms with Gasteiger partial charge < -0.3 is 29.4 Å². The minimum Gasteiger partial charge on any atom is -0.461 e. The monoisotopic (exact) mass is 537 g/mol. The van der Waals surface area contributed by atoms with Crippen LogP contribution in [0.4, 0.5) is 4.79 Å². The fourth-order valence-electron chi connectivity index (χ4n) is 2.60. The molecule has 38 heavy (non-hydrogen) atoms. The van der Waals surface area contributed by atoms with E-state index in [1.807, 2.05) is 13.8 Å². The van der Waals surface area contributed by atoms with Crippen LogP contribution in [0.3, 0.4) is 0 Å². The summed E-state index contributed by atoms with van der Waals surface area (Å²) in [6, 6.07) is 3.56. The molecule has 0 bridgehead atoms. The predicted molar refractivity (Wildman–Crippen MR) is 141 cm³/mol. The van der Waals surface area contributed by atoms with E-state index in [-0.39, 0.29) is 31.1 Å². The molecule has 0 aromatic heterocycles. The SMILES string of the molecule is CC(C)CCOC(=O)O[C@@H](C)COC(=O)[C@@H](N)Cc1ccc(OC(=O)C(C)(C)C)c(OC(=O)C(C)(C)C)c1. The number of carbonyl (C=O) groups is 4. The quantitative estimate of drug-likeness (QED) is 0.315. The van der Waals surface area contributed by atoms with Crippen LogP contribution in [0.2, 0.25) is 0 Å². The third-order valence-electron chi connectivity index (χ3n) is 5.07. The van der Waals surface area contributed by atoms with E-state index in [4.69, 9.17) is 29.4 Å². The summed E-state index contributed by atoms with van der Waals surface area (Å²) >= 11 is 0. The molecule has 0 aliphatic rings. The van der Waals surface area contributed by atoms with Crippen molar-refractivity contribution in [3.63, 3.8) is 0 Å². The number of ether oxygens (including phenoxy) is 5. The molecule has 0 aliphatic carbocycles. The van der Waals surface area contributed by atoms with E-state index in [0.717, 1.165) is 0 Å². The third-order valence-corrected chi connectivity index (χ3v) is 5.07. The van der Waals surface area contributed by atoms with Crippen molar-refractivity contribution in [2.45, 2.75) is 87.3 Å². The molecule has 2 N–H and O–H groups in total. The Hall–Kier alpha value is -3.14. The molecule has 0 amide bonds. The van der Waals surface area contributed by atoms with Gasteiger partial charge in [0.05, 0.1) is 17.4 Å². The lowest BCUT2D eigenvalue weighted by Gasteiger charge is -2.21. The largest absolute Gasteiger partial charge is 0.508 e. The molecule has 214 valence electrons.